The van der Waals surface area contributed by atoms with Crippen molar-refractivity contribution < 1.29 is 13.5 Å². The van der Waals surface area contributed by atoms with Crippen molar-refractivity contribution in [3.05, 3.63) is 88.1 Å². The molecule has 0 fully saturated rings. The molecule has 0 aliphatic carbocycles. The van der Waals surface area contributed by atoms with Gasteiger partial charge in [0, 0.05) is 11.9 Å². The van der Waals surface area contributed by atoms with Crippen LogP contribution in [0.3, 0.4) is 0 Å². The highest BCUT2D eigenvalue weighted by atomic mass is 32.2. The van der Waals surface area contributed by atoms with E-state index in [0.717, 1.165) is 5.69 Å². The van der Waals surface area contributed by atoms with Crippen LogP contribution in [-0.4, -0.2) is 33.9 Å². The quantitative estimate of drug-likeness (QED) is 0.494. The zero-order valence-electron chi connectivity index (χ0n) is 16.8. The van der Waals surface area contributed by atoms with E-state index in [2.05, 4.69) is 19.7 Å². The lowest BCUT2D eigenvalue weighted by molar-refractivity contribution is 0.477. The summed E-state index contributed by atoms with van der Waals surface area (Å²) in [6.45, 7) is 1.92. The summed E-state index contributed by atoms with van der Waals surface area (Å²) in [4.78, 5) is 22.2. The molecule has 160 valence electrons. The SMILES string of the molecule is Cc1cccc(Cn2c(=O)c(C3=NS(=O)(=O)c4ccccc4N3)c(O)c3cccnc32)n1. The van der Waals surface area contributed by atoms with Crippen LogP contribution in [0.2, 0.25) is 0 Å². The predicted molar refractivity (Wildman–Crippen MR) is 120 cm³/mol. The fourth-order valence-electron chi connectivity index (χ4n) is 3.70. The molecule has 0 bridgehead atoms. The minimum atomic E-state index is -4.07. The molecule has 3 aromatic heterocycles. The number of rotatable bonds is 3. The number of hydrogen-bond acceptors (Lipinski definition) is 7. The summed E-state index contributed by atoms with van der Waals surface area (Å²) >= 11 is 0. The number of aryl methyl sites for hydroxylation is 1. The van der Waals surface area contributed by atoms with Crippen LogP contribution < -0.4 is 10.9 Å². The Bertz CT molecular complexity index is 1590. The van der Waals surface area contributed by atoms with Gasteiger partial charge in [-0.15, -0.1) is 4.40 Å². The Morgan fingerprint density at radius 2 is 1.88 bits per heavy atom. The largest absolute Gasteiger partial charge is 0.506 e. The molecule has 0 atom stereocenters. The van der Waals surface area contributed by atoms with Gasteiger partial charge >= 0.3 is 0 Å². The fourth-order valence-corrected chi connectivity index (χ4v) is 4.82. The van der Waals surface area contributed by atoms with E-state index in [0.29, 0.717) is 5.69 Å². The number of amidine groups is 1. The van der Waals surface area contributed by atoms with Crippen LogP contribution in [0, 0.1) is 6.92 Å². The molecule has 4 heterocycles. The molecule has 0 spiro atoms. The van der Waals surface area contributed by atoms with Crippen LogP contribution in [0.15, 0.2) is 74.9 Å². The molecule has 5 rings (SSSR count). The number of benzene rings is 1. The van der Waals surface area contributed by atoms with Gasteiger partial charge in [0.05, 0.1) is 23.3 Å². The summed E-state index contributed by atoms with van der Waals surface area (Å²) < 4.78 is 30.6. The maximum atomic E-state index is 13.5. The second-order valence-corrected chi connectivity index (χ2v) is 8.87. The fraction of sp³-hybridized carbons (Fsp3) is 0.0909. The number of aromatic hydroxyl groups is 1. The Morgan fingerprint density at radius 3 is 2.69 bits per heavy atom. The number of pyridine rings is 3. The first-order valence-electron chi connectivity index (χ1n) is 9.69. The Kier molecular flexibility index (Phi) is 4.52. The molecule has 4 aromatic rings. The predicted octanol–water partition coefficient (Wildman–Crippen LogP) is 2.41. The lowest BCUT2D eigenvalue weighted by atomic mass is 10.1. The van der Waals surface area contributed by atoms with Gasteiger partial charge in [-0.2, -0.15) is 8.42 Å². The van der Waals surface area contributed by atoms with Crippen molar-refractivity contribution >= 4 is 32.6 Å². The summed E-state index contributed by atoms with van der Waals surface area (Å²) in [7, 11) is -4.07. The normalized spacial score (nSPS) is 14.5. The van der Waals surface area contributed by atoms with Crippen molar-refractivity contribution in [3.8, 4) is 5.75 Å². The van der Waals surface area contributed by atoms with Crippen molar-refractivity contribution in [1.82, 2.24) is 14.5 Å². The average molecular weight is 447 g/mol. The second kappa shape index (κ2) is 7.27. The first-order chi connectivity index (χ1) is 15.3. The maximum absolute atomic E-state index is 13.5. The van der Waals surface area contributed by atoms with E-state index in [9.17, 15) is 18.3 Å². The van der Waals surface area contributed by atoms with E-state index in [1.54, 1.807) is 36.4 Å². The van der Waals surface area contributed by atoms with Gasteiger partial charge in [-0.3, -0.25) is 14.3 Å². The summed E-state index contributed by atoms with van der Waals surface area (Å²) in [5, 5.41) is 14.1. The van der Waals surface area contributed by atoms with E-state index in [1.165, 1.54) is 16.8 Å². The minimum Gasteiger partial charge on any atom is -0.506 e. The molecule has 9 nitrogen and oxygen atoms in total. The first-order valence-corrected chi connectivity index (χ1v) is 11.1. The van der Waals surface area contributed by atoms with Gasteiger partial charge in [0.2, 0.25) is 0 Å². The minimum absolute atomic E-state index is 0.00465. The summed E-state index contributed by atoms with van der Waals surface area (Å²) in [6.07, 6.45) is 1.51. The van der Waals surface area contributed by atoms with Gasteiger partial charge in [-0.25, -0.2) is 4.98 Å². The highest BCUT2D eigenvalue weighted by molar-refractivity contribution is 7.90. The second-order valence-electron chi connectivity index (χ2n) is 7.30. The number of hydrogen-bond donors (Lipinski definition) is 2. The lowest BCUT2D eigenvalue weighted by Crippen LogP contribution is -2.33. The van der Waals surface area contributed by atoms with Crippen LogP contribution >= 0.6 is 0 Å². The zero-order chi connectivity index (χ0) is 22.5. The molecule has 0 saturated carbocycles. The Labute approximate surface area is 182 Å². The number of fused-ring (bicyclic) bond motifs is 2. The van der Waals surface area contributed by atoms with E-state index in [-0.39, 0.29) is 39.6 Å². The molecule has 0 saturated heterocycles. The molecule has 0 amide bonds. The highest BCUT2D eigenvalue weighted by Crippen LogP contribution is 2.31. The molecule has 1 aromatic carbocycles. The third-order valence-corrected chi connectivity index (χ3v) is 6.46. The molecular weight excluding hydrogens is 430 g/mol. The molecule has 0 unspecified atom stereocenters. The van der Waals surface area contributed by atoms with Crippen LogP contribution in [0.1, 0.15) is 17.0 Å². The standard InChI is InChI=1S/C22H17N5O4S/c1-13-6-4-7-14(24-13)12-27-21-15(8-5-11-23-21)19(28)18(22(27)29)20-25-16-9-2-3-10-17(16)32(30,31)26-20/h2-11,28H,12H2,1H3,(H,25,26). The number of aromatic nitrogens is 3. The van der Waals surface area contributed by atoms with Crippen LogP contribution in [-0.2, 0) is 16.6 Å². The highest BCUT2D eigenvalue weighted by Gasteiger charge is 2.29. The Morgan fingerprint density at radius 1 is 1.06 bits per heavy atom. The van der Waals surface area contributed by atoms with Gasteiger partial charge < -0.3 is 10.4 Å². The molecule has 0 radical (unpaired) electrons. The lowest BCUT2D eigenvalue weighted by Gasteiger charge is -2.20. The van der Waals surface area contributed by atoms with Gasteiger partial charge in [0.25, 0.3) is 15.6 Å². The topological polar surface area (TPSA) is 127 Å². The monoisotopic (exact) mass is 447 g/mol. The van der Waals surface area contributed by atoms with Crippen LogP contribution in [0.4, 0.5) is 5.69 Å². The maximum Gasteiger partial charge on any atom is 0.286 e. The van der Waals surface area contributed by atoms with Gasteiger partial charge in [-0.05, 0) is 43.3 Å². The molecular formula is C22H17N5O4S. The van der Waals surface area contributed by atoms with E-state index in [1.807, 2.05) is 19.1 Å². The van der Waals surface area contributed by atoms with E-state index >= 15 is 0 Å². The van der Waals surface area contributed by atoms with E-state index in [4.69, 9.17) is 0 Å². The third kappa shape index (κ3) is 3.21. The Hall–Kier alpha value is -4.05. The zero-order valence-corrected chi connectivity index (χ0v) is 17.7. The number of nitrogens with zero attached hydrogens (tertiary/aromatic N) is 4. The van der Waals surface area contributed by atoms with Crippen molar-refractivity contribution in [2.75, 3.05) is 5.32 Å². The van der Waals surface area contributed by atoms with Gasteiger partial charge in [0.1, 0.15) is 21.9 Å². The van der Waals surface area contributed by atoms with Crippen molar-refractivity contribution in [2.24, 2.45) is 4.40 Å². The number of anilines is 1. The Balaban J connectivity index is 1.77. The third-order valence-electron chi connectivity index (χ3n) is 5.13. The molecule has 1 aliphatic heterocycles. The van der Waals surface area contributed by atoms with Gasteiger partial charge in [-0.1, -0.05) is 18.2 Å². The molecule has 10 heteroatoms. The summed E-state index contributed by atoms with van der Waals surface area (Å²) in [5.74, 6) is -0.643. The van der Waals surface area contributed by atoms with Crippen LogP contribution in [0.25, 0.3) is 11.0 Å². The number of nitrogens with one attached hydrogen (secondary N) is 1. The molecule has 1 aliphatic rings. The molecule has 32 heavy (non-hydrogen) atoms. The first kappa shape index (κ1) is 19.9. The van der Waals surface area contributed by atoms with Crippen molar-refractivity contribution in [3.63, 3.8) is 0 Å². The van der Waals surface area contributed by atoms with E-state index < -0.39 is 21.3 Å². The van der Waals surface area contributed by atoms with Crippen molar-refractivity contribution in [1.29, 1.82) is 0 Å². The smallest absolute Gasteiger partial charge is 0.286 e. The number of para-hydroxylation sites is 1. The number of sulfonamides is 1. The summed E-state index contributed by atoms with van der Waals surface area (Å²) in [5.41, 5.74) is 1.03. The summed E-state index contributed by atoms with van der Waals surface area (Å²) in [6, 6.07) is 14.9. The van der Waals surface area contributed by atoms with Crippen LogP contribution in [0.5, 0.6) is 5.75 Å². The van der Waals surface area contributed by atoms with Gasteiger partial charge in [0.15, 0.2) is 5.84 Å². The molecule has 2 N–H and O–H groups in total. The van der Waals surface area contributed by atoms with Crippen molar-refractivity contribution in [2.45, 2.75) is 18.4 Å². The average Bonchev–Trinajstić information content (AvgIpc) is 2.76.